The number of fused-ring (bicyclic) bond motifs is 1. The first-order valence-corrected chi connectivity index (χ1v) is 7.42. The Kier molecular flexibility index (Phi) is 2.88. The summed E-state index contributed by atoms with van der Waals surface area (Å²) in [4.78, 5) is 37.5. The second-order valence-corrected chi connectivity index (χ2v) is 7.05. The van der Waals surface area contributed by atoms with E-state index in [1.165, 1.54) is 0 Å². The van der Waals surface area contributed by atoms with Gasteiger partial charge in [-0.2, -0.15) is 0 Å². The maximum atomic E-state index is 12.3. The van der Waals surface area contributed by atoms with E-state index in [2.05, 4.69) is 0 Å². The zero-order chi connectivity index (χ0) is 15.6. The number of hydrogen-bond acceptors (Lipinski definition) is 5. The SMILES string of the molecule is CCOC(=O)CC(=O)[C@@]12C3[C@H]1[C@H]2CN3C(=O)OC(C)(C)C. The molecule has 0 radical (unpaired) electrons. The number of ether oxygens (including phenoxy) is 2. The molecule has 6 heteroatoms. The first-order chi connectivity index (χ1) is 9.73. The van der Waals surface area contributed by atoms with Gasteiger partial charge in [0, 0.05) is 12.5 Å². The number of carbonyl (C=O) groups is 3. The van der Waals surface area contributed by atoms with Crippen LogP contribution in [-0.2, 0) is 19.1 Å². The Labute approximate surface area is 123 Å². The van der Waals surface area contributed by atoms with Gasteiger partial charge in [0.15, 0.2) is 5.78 Å². The average Bonchev–Trinajstić information content (AvgIpc) is 3.06. The molecule has 0 aromatic carbocycles. The molecule has 0 N–H and O–H groups in total. The van der Waals surface area contributed by atoms with Gasteiger partial charge in [-0.1, -0.05) is 0 Å². The van der Waals surface area contributed by atoms with E-state index in [1.807, 2.05) is 20.8 Å². The Morgan fingerprint density at radius 3 is 2.48 bits per heavy atom. The van der Waals surface area contributed by atoms with E-state index < -0.39 is 17.0 Å². The highest BCUT2D eigenvalue weighted by Gasteiger charge is 2.96. The van der Waals surface area contributed by atoms with Gasteiger partial charge in [0.2, 0.25) is 0 Å². The zero-order valence-corrected chi connectivity index (χ0v) is 12.8. The van der Waals surface area contributed by atoms with Gasteiger partial charge in [0.05, 0.1) is 18.1 Å². The lowest BCUT2D eigenvalue weighted by molar-refractivity contribution is -0.146. The number of rotatable bonds is 4. The van der Waals surface area contributed by atoms with Gasteiger partial charge in [-0.25, -0.2) is 4.79 Å². The number of Topliss-reactive ketones (excluding diaryl/α,β-unsaturated/α-hetero) is 1. The normalized spacial score (nSPS) is 35.0. The predicted molar refractivity (Wildman–Crippen MR) is 72.4 cm³/mol. The topological polar surface area (TPSA) is 72.9 Å². The Bertz CT molecular complexity index is 517. The highest BCUT2D eigenvalue weighted by Crippen LogP contribution is 2.86. The molecular formula is C15H21NO5. The lowest BCUT2D eigenvalue weighted by Crippen LogP contribution is -2.36. The summed E-state index contributed by atoms with van der Waals surface area (Å²) >= 11 is 0. The minimum Gasteiger partial charge on any atom is -0.466 e. The molecule has 6 nitrogen and oxygen atoms in total. The lowest BCUT2D eigenvalue weighted by Gasteiger charge is -2.24. The van der Waals surface area contributed by atoms with E-state index in [1.54, 1.807) is 11.8 Å². The van der Waals surface area contributed by atoms with Crippen LogP contribution < -0.4 is 0 Å². The number of piperidine rings is 1. The molecule has 2 saturated carbocycles. The maximum absolute atomic E-state index is 12.3. The van der Waals surface area contributed by atoms with Gasteiger partial charge < -0.3 is 14.4 Å². The molecule has 4 fully saturated rings. The highest BCUT2D eigenvalue weighted by molar-refractivity contribution is 6.05. The van der Waals surface area contributed by atoms with Gasteiger partial charge in [0.25, 0.3) is 0 Å². The molecule has 116 valence electrons. The smallest absolute Gasteiger partial charge is 0.410 e. The summed E-state index contributed by atoms with van der Waals surface area (Å²) in [5, 5.41) is 0. The fourth-order valence-electron chi connectivity index (χ4n) is 3.85. The van der Waals surface area contributed by atoms with Crippen LogP contribution in [0.3, 0.4) is 0 Å². The van der Waals surface area contributed by atoms with Crippen LogP contribution in [0.15, 0.2) is 0 Å². The van der Waals surface area contributed by atoms with Crippen LogP contribution in [0.25, 0.3) is 0 Å². The van der Waals surface area contributed by atoms with E-state index in [9.17, 15) is 14.4 Å². The van der Waals surface area contributed by atoms with Crippen molar-refractivity contribution in [1.29, 1.82) is 0 Å². The average molecular weight is 295 g/mol. The number of hydrogen-bond donors (Lipinski definition) is 0. The van der Waals surface area contributed by atoms with Crippen molar-refractivity contribution < 1.29 is 23.9 Å². The molecule has 0 aromatic heterocycles. The standard InChI is InChI=1S/C15H21NO5/c1-5-20-10(18)6-9(17)15-8-7-16(12(15)11(8)15)13(19)21-14(2,3)4/h8,11-12H,5-7H2,1-4H3/t8-,11-,12?,15-/m1/s1. The fraction of sp³-hybridized carbons (Fsp3) is 0.800. The summed E-state index contributed by atoms with van der Waals surface area (Å²) in [7, 11) is 0. The van der Waals surface area contributed by atoms with Crippen molar-refractivity contribution in [3.05, 3.63) is 0 Å². The molecule has 2 heterocycles. The Hall–Kier alpha value is -1.59. The molecule has 4 atom stereocenters. The molecule has 4 rings (SSSR count). The molecule has 0 spiro atoms. The molecule has 2 aliphatic carbocycles. The quantitative estimate of drug-likeness (QED) is 0.578. The van der Waals surface area contributed by atoms with Gasteiger partial charge >= 0.3 is 12.1 Å². The summed E-state index contributed by atoms with van der Waals surface area (Å²) in [5.74, 6) is -0.0893. The Balaban J connectivity index is 1.60. The molecule has 0 aromatic rings. The minimum absolute atomic E-state index is 0.0562. The molecule has 21 heavy (non-hydrogen) atoms. The number of ketones is 1. The summed E-state index contributed by atoms with van der Waals surface area (Å²) in [6.45, 7) is 8.02. The molecule has 2 saturated heterocycles. The minimum atomic E-state index is -0.540. The van der Waals surface area contributed by atoms with E-state index in [0.717, 1.165) is 0 Å². The molecule has 1 unspecified atom stereocenters. The zero-order valence-electron chi connectivity index (χ0n) is 12.8. The van der Waals surface area contributed by atoms with E-state index in [-0.39, 0.29) is 42.8 Å². The molecule has 2 aliphatic heterocycles. The van der Waals surface area contributed by atoms with Crippen molar-refractivity contribution in [2.24, 2.45) is 17.3 Å². The molecule has 2 bridgehead atoms. The molecule has 4 aliphatic rings. The predicted octanol–water partition coefficient (Wildman–Crippen LogP) is 1.37. The number of esters is 1. The van der Waals surface area contributed by atoms with Crippen LogP contribution in [-0.4, -0.2) is 47.5 Å². The summed E-state index contributed by atoms with van der Waals surface area (Å²) in [6.07, 6.45) is -0.539. The number of amides is 1. The van der Waals surface area contributed by atoms with Crippen molar-refractivity contribution in [1.82, 2.24) is 4.90 Å². The third-order valence-electron chi connectivity index (χ3n) is 4.66. The second kappa shape index (κ2) is 4.21. The van der Waals surface area contributed by atoms with Gasteiger partial charge in [-0.3, -0.25) is 9.59 Å². The molecular weight excluding hydrogens is 274 g/mol. The summed E-state index contributed by atoms with van der Waals surface area (Å²) in [6, 6.07) is -0.0562. The third kappa shape index (κ3) is 1.95. The van der Waals surface area contributed by atoms with Gasteiger partial charge in [-0.05, 0) is 33.6 Å². The fourth-order valence-corrected chi connectivity index (χ4v) is 3.85. The first-order valence-electron chi connectivity index (χ1n) is 7.42. The lowest BCUT2D eigenvalue weighted by atomic mass is 10.00. The Morgan fingerprint density at radius 2 is 1.95 bits per heavy atom. The maximum Gasteiger partial charge on any atom is 0.410 e. The van der Waals surface area contributed by atoms with Crippen LogP contribution >= 0.6 is 0 Å². The van der Waals surface area contributed by atoms with Crippen LogP contribution in [0.1, 0.15) is 34.1 Å². The van der Waals surface area contributed by atoms with Crippen LogP contribution in [0.4, 0.5) is 4.79 Å². The van der Waals surface area contributed by atoms with E-state index in [4.69, 9.17) is 9.47 Å². The van der Waals surface area contributed by atoms with Crippen LogP contribution in [0.5, 0.6) is 0 Å². The van der Waals surface area contributed by atoms with Crippen molar-refractivity contribution in [3.8, 4) is 0 Å². The van der Waals surface area contributed by atoms with Gasteiger partial charge in [-0.15, -0.1) is 0 Å². The Morgan fingerprint density at radius 1 is 1.29 bits per heavy atom. The third-order valence-corrected chi connectivity index (χ3v) is 4.66. The first kappa shape index (κ1) is 14.4. The highest BCUT2D eigenvalue weighted by atomic mass is 16.6. The van der Waals surface area contributed by atoms with E-state index in [0.29, 0.717) is 6.54 Å². The summed E-state index contributed by atoms with van der Waals surface area (Å²) in [5.41, 5.74) is -0.995. The van der Waals surface area contributed by atoms with Crippen molar-refractivity contribution >= 4 is 17.8 Å². The van der Waals surface area contributed by atoms with Crippen molar-refractivity contribution in [2.45, 2.75) is 45.8 Å². The van der Waals surface area contributed by atoms with Crippen molar-refractivity contribution in [3.63, 3.8) is 0 Å². The monoisotopic (exact) mass is 295 g/mol. The van der Waals surface area contributed by atoms with Gasteiger partial charge in [0.1, 0.15) is 12.0 Å². The molecule has 1 amide bonds. The van der Waals surface area contributed by atoms with Crippen molar-refractivity contribution in [2.75, 3.05) is 13.2 Å². The largest absolute Gasteiger partial charge is 0.466 e. The summed E-state index contributed by atoms with van der Waals surface area (Å²) < 4.78 is 10.2. The van der Waals surface area contributed by atoms with Crippen LogP contribution in [0, 0.1) is 17.3 Å². The van der Waals surface area contributed by atoms with Crippen LogP contribution in [0.2, 0.25) is 0 Å². The van der Waals surface area contributed by atoms with E-state index >= 15 is 0 Å². The second-order valence-electron chi connectivity index (χ2n) is 7.05. The number of carbonyl (C=O) groups excluding carboxylic acids is 3. The number of nitrogens with zero attached hydrogens (tertiary/aromatic N) is 1.